The van der Waals surface area contributed by atoms with Gasteiger partial charge < -0.3 is 5.32 Å². The van der Waals surface area contributed by atoms with Crippen molar-refractivity contribution >= 4 is 34.3 Å². The minimum Gasteiger partial charge on any atom is -0.349 e. The molecule has 1 atom stereocenters. The van der Waals surface area contributed by atoms with Gasteiger partial charge in [-0.05, 0) is 42.4 Å². The summed E-state index contributed by atoms with van der Waals surface area (Å²) in [6, 6.07) is 17.5. The molecule has 0 fully saturated rings. The molecular formula is C27H33N5O2S. The van der Waals surface area contributed by atoms with Crippen LogP contribution >= 0.6 is 11.8 Å². The van der Waals surface area contributed by atoms with Gasteiger partial charge in [-0.1, -0.05) is 81.9 Å². The molecule has 7 nitrogen and oxygen atoms in total. The Morgan fingerprint density at radius 1 is 0.971 bits per heavy atom. The van der Waals surface area contributed by atoms with Crippen molar-refractivity contribution in [3.8, 4) is 0 Å². The van der Waals surface area contributed by atoms with E-state index in [1.165, 1.54) is 11.8 Å². The van der Waals surface area contributed by atoms with E-state index in [-0.39, 0.29) is 23.3 Å². The lowest BCUT2D eigenvalue weighted by molar-refractivity contribution is -0.119. The molecule has 0 saturated heterocycles. The summed E-state index contributed by atoms with van der Waals surface area (Å²) in [5.74, 6) is 1.57. The largest absolute Gasteiger partial charge is 0.349 e. The van der Waals surface area contributed by atoms with E-state index in [2.05, 4.69) is 55.3 Å². The second-order valence-corrected chi connectivity index (χ2v) is 10.7. The molecule has 0 aliphatic carbocycles. The zero-order valence-corrected chi connectivity index (χ0v) is 21.6. The zero-order chi connectivity index (χ0) is 24.9. The standard InChI is InChI=1S/C27H33N5O2S/c1-18(2)14-15-31-25(34)21-12-8-9-13-23(21)32-26(31)29-30-27(32)35-17-24(33)28-22(16-19(3)4)20-10-6-5-7-11-20/h5-13,18-19,22H,14-17H2,1-4H3,(H,28,33). The summed E-state index contributed by atoms with van der Waals surface area (Å²) < 4.78 is 3.60. The minimum atomic E-state index is -0.0603. The average Bonchev–Trinajstić information content (AvgIpc) is 3.26. The van der Waals surface area contributed by atoms with Crippen LogP contribution in [-0.2, 0) is 11.3 Å². The summed E-state index contributed by atoms with van der Waals surface area (Å²) in [5.41, 5.74) is 1.80. The van der Waals surface area contributed by atoms with Crippen LogP contribution in [0.5, 0.6) is 0 Å². The third-order valence-electron chi connectivity index (χ3n) is 5.98. The molecule has 1 N–H and O–H groups in total. The van der Waals surface area contributed by atoms with Gasteiger partial charge in [-0.2, -0.15) is 0 Å². The topological polar surface area (TPSA) is 81.3 Å². The highest BCUT2D eigenvalue weighted by molar-refractivity contribution is 7.99. The molecule has 2 aromatic carbocycles. The molecule has 2 heterocycles. The van der Waals surface area contributed by atoms with Crippen molar-refractivity contribution in [3.63, 3.8) is 0 Å². The maximum atomic E-state index is 13.2. The molecule has 0 radical (unpaired) electrons. The molecule has 8 heteroatoms. The second kappa shape index (κ2) is 11.1. The number of hydrogen-bond donors (Lipinski definition) is 1. The lowest BCUT2D eigenvalue weighted by atomic mass is 9.97. The van der Waals surface area contributed by atoms with Crippen molar-refractivity contribution < 1.29 is 4.79 Å². The smallest absolute Gasteiger partial charge is 0.262 e. The first-order valence-electron chi connectivity index (χ1n) is 12.2. The summed E-state index contributed by atoms with van der Waals surface area (Å²) in [6.45, 7) is 9.15. The maximum absolute atomic E-state index is 13.2. The number of benzene rings is 2. The number of nitrogens with zero attached hydrogens (tertiary/aromatic N) is 4. The number of thioether (sulfide) groups is 1. The van der Waals surface area contributed by atoms with Crippen LogP contribution in [0.4, 0.5) is 0 Å². The quantitative estimate of drug-likeness (QED) is 0.313. The number of hydrogen-bond acceptors (Lipinski definition) is 5. The highest BCUT2D eigenvalue weighted by Crippen LogP contribution is 2.24. The summed E-state index contributed by atoms with van der Waals surface area (Å²) in [4.78, 5) is 26.1. The van der Waals surface area contributed by atoms with Crippen LogP contribution in [0.15, 0.2) is 64.5 Å². The van der Waals surface area contributed by atoms with Crippen molar-refractivity contribution in [2.24, 2.45) is 11.8 Å². The van der Waals surface area contributed by atoms with Crippen LogP contribution in [0.3, 0.4) is 0 Å². The molecule has 4 aromatic rings. The van der Waals surface area contributed by atoms with Crippen LogP contribution < -0.4 is 10.9 Å². The fraction of sp³-hybridized carbons (Fsp3) is 0.407. The van der Waals surface area contributed by atoms with E-state index in [0.29, 0.717) is 34.7 Å². The van der Waals surface area contributed by atoms with Gasteiger partial charge in [0.2, 0.25) is 11.7 Å². The van der Waals surface area contributed by atoms with Crippen molar-refractivity contribution in [3.05, 3.63) is 70.5 Å². The molecule has 1 unspecified atom stereocenters. The van der Waals surface area contributed by atoms with Crippen LogP contribution in [0, 0.1) is 11.8 Å². The third kappa shape index (κ3) is 5.75. The van der Waals surface area contributed by atoms with E-state index >= 15 is 0 Å². The Kier molecular flexibility index (Phi) is 7.90. The summed E-state index contributed by atoms with van der Waals surface area (Å²) in [6.07, 6.45) is 1.73. The first-order chi connectivity index (χ1) is 16.8. The molecule has 1 amide bonds. The number of aromatic nitrogens is 4. The molecule has 0 spiro atoms. The van der Waals surface area contributed by atoms with Gasteiger partial charge in [-0.15, -0.1) is 10.2 Å². The van der Waals surface area contributed by atoms with Gasteiger partial charge in [0.1, 0.15) is 0 Å². The Labute approximate surface area is 210 Å². The number of carbonyl (C=O) groups is 1. The van der Waals surface area contributed by atoms with Gasteiger partial charge in [-0.3, -0.25) is 18.6 Å². The molecular weight excluding hydrogens is 458 g/mol. The number of para-hydroxylation sites is 1. The Bertz CT molecular complexity index is 1360. The van der Waals surface area contributed by atoms with Crippen molar-refractivity contribution in [2.45, 2.75) is 58.3 Å². The fourth-order valence-corrected chi connectivity index (χ4v) is 4.97. The third-order valence-corrected chi connectivity index (χ3v) is 6.91. The predicted octanol–water partition coefficient (Wildman–Crippen LogP) is 5.09. The fourth-order valence-electron chi connectivity index (χ4n) is 4.22. The van der Waals surface area contributed by atoms with E-state index in [0.717, 1.165) is 23.9 Å². The van der Waals surface area contributed by atoms with Gasteiger partial charge in [0.05, 0.1) is 22.7 Å². The molecule has 0 aliphatic heterocycles. The number of fused-ring (bicyclic) bond motifs is 3. The normalized spacial score (nSPS) is 12.6. The number of carbonyl (C=O) groups excluding carboxylic acids is 1. The van der Waals surface area contributed by atoms with E-state index in [4.69, 9.17) is 0 Å². The minimum absolute atomic E-state index is 0.0403. The van der Waals surface area contributed by atoms with E-state index in [1.54, 1.807) is 4.57 Å². The van der Waals surface area contributed by atoms with E-state index in [9.17, 15) is 9.59 Å². The van der Waals surface area contributed by atoms with Crippen molar-refractivity contribution in [2.75, 3.05) is 5.75 Å². The van der Waals surface area contributed by atoms with Gasteiger partial charge >= 0.3 is 0 Å². The molecule has 184 valence electrons. The van der Waals surface area contributed by atoms with Gasteiger partial charge in [0, 0.05) is 6.54 Å². The average molecular weight is 492 g/mol. The summed E-state index contributed by atoms with van der Waals surface area (Å²) in [5, 5.41) is 13.1. The number of amides is 1. The van der Waals surface area contributed by atoms with E-state index < -0.39 is 0 Å². The Morgan fingerprint density at radius 3 is 2.40 bits per heavy atom. The molecule has 0 bridgehead atoms. The predicted molar refractivity (Wildman–Crippen MR) is 142 cm³/mol. The van der Waals surface area contributed by atoms with Gasteiger partial charge in [0.25, 0.3) is 5.56 Å². The Morgan fingerprint density at radius 2 is 1.69 bits per heavy atom. The lowest BCUT2D eigenvalue weighted by Gasteiger charge is -2.21. The van der Waals surface area contributed by atoms with Crippen LogP contribution in [0.25, 0.3) is 16.7 Å². The van der Waals surface area contributed by atoms with Crippen molar-refractivity contribution in [1.82, 2.24) is 24.5 Å². The lowest BCUT2D eigenvalue weighted by Crippen LogP contribution is -2.31. The molecule has 0 saturated carbocycles. The van der Waals surface area contributed by atoms with Crippen molar-refractivity contribution in [1.29, 1.82) is 0 Å². The first-order valence-corrected chi connectivity index (χ1v) is 13.2. The SMILES string of the molecule is CC(C)CCn1c(=O)c2ccccc2n2c(SCC(=O)NC(CC(C)C)c3ccccc3)nnc12. The monoisotopic (exact) mass is 491 g/mol. The highest BCUT2D eigenvalue weighted by atomic mass is 32.2. The van der Waals surface area contributed by atoms with Crippen LogP contribution in [0.1, 0.15) is 52.1 Å². The molecule has 35 heavy (non-hydrogen) atoms. The van der Waals surface area contributed by atoms with Gasteiger partial charge in [0.15, 0.2) is 5.16 Å². The zero-order valence-electron chi connectivity index (χ0n) is 20.8. The van der Waals surface area contributed by atoms with Crippen LogP contribution in [0.2, 0.25) is 0 Å². The number of nitrogens with one attached hydrogen (secondary N) is 1. The highest BCUT2D eigenvalue weighted by Gasteiger charge is 2.20. The summed E-state index contributed by atoms with van der Waals surface area (Å²) in [7, 11) is 0. The first kappa shape index (κ1) is 25.0. The second-order valence-electron chi connectivity index (χ2n) is 9.72. The summed E-state index contributed by atoms with van der Waals surface area (Å²) >= 11 is 1.34. The Hall–Kier alpha value is -3.13. The Balaban J connectivity index is 1.60. The number of rotatable bonds is 10. The number of aryl methyl sites for hydroxylation is 1. The van der Waals surface area contributed by atoms with Crippen LogP contribution in [-0.4, -0.2) is 30.8 Å². The molecule has 0 aliphatic rings. The maximum Gasteiger partial charge on any atom is 0.262 e. The van der Waals surface area contributed by atoms with E-state index in [1.807, 2.05) is 46.9 Å². The van der Waals surface area contributed by atoms with Gasteiger partial charge in [-0.25, -0.2) is 0 Å². The molecule has 4 rings (SSSR count). The molecule has 2 aromatic heterocycles.